The Morgan fingerprint density at radius 3 is 1.88 bits per heavy atom. The fraction of sp³-hybridized carbons (Fsp3) is 0.750. The average Bonchev–Trinajstić information content (AvgIpc) is 2.71. The van der Waals surface area contributed by atoms with Crippen LogP contribution in [-0.4, -0.2) is 69.8 Å². The summed E-state index contributed by atoms with van der Waals surface area (Å²) in [6.45, 7) is 7.14. The maximum absolute atomic E-state index is 12.8. The summed E-state index contributed by atoms with van der Waals surface area (Å²) >= 11 is 3.93. The van der Waals surface area contributed by atoms with Gasteiger partial charge in [-0.2, -0.15) is 12.6 Å². The molecule has 0 aromatic heterocycles. The van der Waals surface area contributed by atoms with Gasteiger partial charge in [0.2, 0.25) is 17.7 Å². The molecule has 0 aliphatic rings. The van der Waals surface area contributed by atoms with Crippen LogP contribution < -0.4 is 21.7 Å². The second kappa shape index (κ2) is 14.7. The smallest absolute Gasteiger partial charge is 0.326 e. The first kappa shape index (κ1) is 29.7. The van der Waals surface area contributed by atoms with Gasteiger partial charge in [-0.05, 0) is 24.7 Å². The number of amides is 3. The standard InChI is InChI=1S/C20H36N4O7S/c1-5-11(4)16(20(30)31)24-19(29)14(8-10(2)3)23-18(28)13(6-7-15(25)26)22-17(27)12(21)9-32/h10-14,16,32H,5-9,21H2,1-4H3,(H,22,27)(H,23,28)(H,24,29)(H,25,26)(H,30,31). The third-order valence-electron chi connectivity index (χ3n) is 4.93. The molecule has 0 saturated carbocycles. The van der Waals surface area contributed by atoms with Crippen LogP contribution in [0.3, 0.4) is 0 Å². The predicted molar refractivity (Wildman–Crippen MR) is 121 cm³/mol. The molecule has 0 rings (SSSR count). The summed E-state index contributed by atoms with van der Waals surface area (Å²) in [6, 6.07) is -4.44. The van der Waals surface area contributed by atoms with Gasteiger partial charge in [0.05, 0.1) is 6.04 Å². The maximum atomic E-state index is 12.8. The normalized spacial score (nSPS) is 15.7. The summed E-state index contributed by atoms with van der Waals surface area (Å²) in [4.78, 5) is 60.3. The molecule has 0 radical (unpaired) electrons. The van der Waals surface area contributed by atoms with Crippen molar-refractivity contribution in [2.75, 3.05) is 5.75 Å². The molecule has 0 saturated heterocycles. The fourth-order valence-corrected chi connectivity index (χ4v) is 2.98. The third-order valence-corrected chi connectivity index (χ3v) is 5.32. The van der Waals surface area contributed by atoms with E-state index in [0.717, 1.165) is 0 Å². The molecule has 0 fully saturated rings. The number of thiol groups is 1. The molecule has 0 heterocycles. The Labute approximate surface area is 193 Å². The molecule has 5 atom stereocenters. The molecule has 0 aliphatic carbocycles. The number of carbonyl (C=O) groups excluding carboxylic acids is 3. The van der Waals surface area contributed by atoms with Crippen molar-refractivity contribution >= 4 is 42.3 Å². The van der Waals surface area contributed by atoms with Crippen molar-refractivity contribution in [1.29, 1.82) is 0 Å². The SMILES string of the molecule is CCC(C)C(NC(=O)C(CC(C)C)NC(=O)C(CCC(=O)O)NC(=O)C(N)CS)C(=O)O. The number of carbonyl (C=O) groups is 5. The minimum Gasteiger partial charge on any atom is -0.481 e. The molecule has 7 N–H and O–H groups in total. The van der Waals surface area contributed by atoms with Gasteiger partial charge in [0.1, 0.15) is 18.1 Å². The number of aliphatic carboxylic acids is 2. The lowest BCUT2D eigenvalue weighted by molar-refractivity contribution is -0.144. The van der Waals surface area contributed by atoms with Crippen LogP contribution in [-0.2, 0) is 24.0 Å². The summed E-state index contributed by atoms with van der Waals surface area (Å²) in [6.07, 6.45) is 0.116. The second-order valence-corrected chi connectivity index (χ2v) is 8.55. The van der Waals surface area contributed by atoms with Gasteiger partial charge in [-0.1, -0.05) is 34.1 Å². The molecule has 184 valence electrons. The number of hydrogen-bond acceptors (Lipinski definition) is 7. The lowest BCUT2D eigenvalue weighted by Crippen LogP contribution is -2.58. The summed E-state index contributed by atoms with van der Waals surface area (Å²) in [7, 11) is 0. The van der Waals surface area contributed by atoms with E-state index in [-0.39, 0.29) is 30.4 Å². The van der Waals surface area contributed by atoms with Crippen molar-refractivity contribution < 1.29 is 34.2 Å². The minimum atomic E-state index is -1.24. The van der Waals surface area contributed by atoms with Crippen molar-refractivity contribution in [3.05, 3.63) is 0 Å². The number of carboxylic acids is 2. The molecule has 0 spiro atoms. The van der Waals surface area contributed by atoms with Gasteiger partial charge in [-0.25, -0.2) is 4.79 Å². The van der Waals surface area contributed by atoms with Crippen LogP contribution >= 0.6 is 12.6 Å². The molecule has 0 aliphatic heterocycles. The Morgan fingerprint density at radius 2 is 1.44 bits per heavy atom. The Morgan fingerprint density at radius 1 is 0.906 bits per heavy atom. The lowest BCUT2D eigenvalue weighted by atomic mass is 9.97. The molecule has 11 nitrogen and oxygen atoms in total. The summed E-state index contributed by atoms with van der Waals surface area (Å²) < 4.78 is 0. The molecule has 5 unspecified atom stereocenters. The maximum Gasteiger partial charge on any atom is 0.326 e. The Balaban J connectivity index is 5.56. The molecular formula is C20H36N4O7S. The average molecular weight is 477 g/mol. The van der Waals surface area contributed by atoms with Gasteiger partial charge in [0, 0.05) is 12.2 Å². The number of nitrogens with two attached hydrogens (primary N) is 1. The van der Waals surface area contributed by atoms with Gasteiger partial charge in [-0.15, -0.1) is 0 Å². The Hall–Kier alpha value is -2.34. The Kier molecular flexibility index (Phi) is 13.6. The van der Waals surface area contributed by atoms with E-state index in [1.165, 1.54) is 0 Å². The van der Waals surface area contributed by atoms with Gasteiger partial charge >= 0.3 is 11.9 Å². The van der Waals surface area contributed by atoms with Crippen molar-refractivity contribution in [3.8, 4) is 0 Å². The zero-order valence-electron chi connectivity index (χ0n) is 19.0. The van der Waals surface area contributed by atoms with Crippen LogP contribution in [0.25, 0.3) is 0 Å². The molecule has 3 amide bonds. The molecule has 32 heavy (non-hydrogen) atoms. The van der Waals surface area contributed by atoms with Crippen molar-refractivity contribution in [1.82, 2.24) is 16.0 Å². The van der Waals surface area contributed by atoms with Crippen molar-refractivity contribution in [2.45, 2.75) is 77.5 Å². The topological polar surface area (TPSA) is 188 Å². The van der Waals surface area contributed by atoms with E-state index in [4.69, 9.17) is 10.8 Å². The van der Waals surface area contributed by atoms with E-state index < -0.39 is 60.2 Å². The van der Waals surface area contributed by atoms with Gasteiger partial charge in [-0.3, -0.25) is 19.2 Å². The zero-order chi connectivity index (χ0) is 25.0. The monoisotopic (exact) mass is 476 g/mol. The first-order valence-corrected chi connectivity index (χ1v) is 11.2. The second-order valence-electron chi connectivity index (χ2n) is 8.18. The minimum absolute atomic E-state index is 0.0175. The highest BCUT2D eigenvalue weighted by Crippen LogP contribution is 2.11. The molecule has 0 bridgehead atoms. The van der Waals surface area contributed by atoms with E-state index in [1.54, 1.807) is 13.8 Å². The van der Waals surface area contributed by atoms with Crippen LogP contribution in [0.5, 0.6) is 0 Å². The highest BCUT2D eigenvalue weighted by atomic mass is 32.1. The Bertz CT molecular complexity index is 674. The summed E-state index contributed by atoms with van der Waals surface area (Å²) in [5, 5.41) is 25.8. The quantitative estimate of drug-likeness (QED) is 0.157. The molecular weight excluding hydrogens is 440 g/mol. The highest BCUT2D eigenvalue weighted by Gasteiger charge is 2.32. The fourth-order valence-electron chi connectivity index (χ4n) is 2.81. The van der Waals surface area contributed by atoms with Crippen LogP contribution in [0.2, 0.25) is 0 Å². The first-order valence-electron chi connectivity index (χ1n) is 10.6. The van der Waals surface area contributed by atoms with Crippen molar-refractivity contribution in [3.63, 3.8) is 0 Å². The number of carboxylic acid groups (broad SMARTS) is 2. The molecule has 0 aromatic carbocycles. The highest BCUT2D eigenvalue weighted by molar-refractivity contribution is 7.80. The van der Waals surface area contributed by atoms with Gasteiger partial charge in [0.25, 0.3) is 0 Å². The predicted octanol–water partition coefficient (Wildman–Crippen LogP) is -0.260. The zero-order valence-corrected chi connectivity index (χ0v) is 19.9. The molecule has 0 aromatic rings. The molecule has 12 heteroatoms. The van der Waals surface area contributed by atoms with Crippen LogP contribution in [0, 0.1) is 11.8 Å². The van der Waals surface area contributed by atoms with E-state index >= 15 is 0 Å². The third kappa shape index (κ3) is 10.8. The first-order chi connectivity index (χ1) is 14.8. The largest absolute Gasteiger partial charge is 0.481 e. The number of rotatable bonds is 15. The summed E-state index contributed by atoms with van der Waals surface area (Å²) in [5.74, 6) is -4.81. The van der Waals surface area contributed by atoms with E-state index in [1.807, 2.05) is 13.8 Å². The van der Waals surface area contributed by atoms with Gasteiger partial charge < -0.3 is 31.9 Å². The van der Waals surface area contributed by atoms with E-state index in [2.05, 4.69) is 28.6 Å². The van der Waals surface area contributed by atoms with Gasteiger partial charge in [0.15, 0.2) is 0 Å². The van der Waals surface area contributed by atoms with Crippen LogP contribution in [0.4, 0.5) is 0 Å². The van der Waals surface area contributed by atoms with Crippen molar-refractivity contribution in [2.24, 2.45) is 17.6 Å². The summed E-state index contributed by atoms with van der Waals surface area (Å²) in [5.41, 5.74) is 5.60. The van der Waals surface area contributed by atoms with E-state index in [9.17, 15) is 29.1 Å². The van der Waals surface area contributed by atoms with Crippen LogP contribution in [0.1, 0.15) is 53.4 Å². The van der Waals surface area contributed by atoms with Crippen LogP contribution in [0.15, 0.2) is 0 Å². The van der Waals surface area contributed by atoms with E-state index in [0.29, 0.717) is 6.42 Å². The number of nitrogens with one attached hydrogen (secondary N) is 3. The number of hydrogen-bond donors (Lipinski definition) is 7. The lowest BCUT2D eigenvalue weighted by Gasteiger charge is -2.27.